The molecule has 1 unspecified atom stereocenters. The molecule has 0 radical (unpaired) electrons. The number of halogens is 1. The summed E-state index contributed by atoms with van der Waals surface area (Å²) in [7, 11) is 0. The molecule has 7 nitrogen and oxygen atoms in total. The van der Waals surface area contributed by atoms with Crippen LogP contribution in [0.4, 0.5) is 0 Å². The highest BCUT2D eigenvalue weighted by Crippen LogP contribution is 2.39. The summed E-state index contributed by atoms with van der Waals surface area (Å²) < 4.78 is 1.67. The summed E-state index contributed by atoms with van der Waals surface area (Å²) >= 11 is 6.28. The molecule has 0 fully saturated rings. The monoisotopic (exact) mass is 486 g/mol. The van der Waals surface area contributed by atoms with E-state index in [4.69, 9.17) is 11.6 Å². The Hall–Kier alpha value is -3.94. The van der Waals surface area contributed by atoms with Gasteiger partial charge in [-0.25, -0.2) is 4.98 Å². The van der Waals surface area contributed by atoms with E-state index in [-0.39, 0.29) is 11.3 Å². The molecule has 0 saturated heterocycles. The van der Waals surface area contributed by atoms with Crippen LogP contribution in [0.5, 0.6) is 5.75 Å². The zero-order valence-corrected chi connectivity index (χ0v) is 19.9. The first-order valence-electron chi connectivity index (χ1n) is 11.1. The average molecular weight is 487 g/mol. The third-order valence-electron chi connectivity index (χ3n) is 6.29. The minimum Gasteiger partial charge on any atom is -0.506 e. The van der Waals surface area contributed by atoms with Crippen LogP contribution in [0.25, 0.3) is 22.2 Å². The van der Waals surface area contributed by atoms with Crippen molar-refractivity contribution in [3.05, 3.63) is 111 Å². The molecule has 0 aliphatic rings. The van der Waals surface area contributed by atoms with Crippen LogP contribution < -0.4 is 5.56 Å². The maximum Gasteiger partial charge on any atom is 0.251 e. The van der Waals surface area contributed by atoms with Crippen LogP contribution in [-0.4, -0.2) is 29.7 Å². The van der Waals surface area contributed by atoms with Crippen molar-refractivity contribution in [2.75, 3.05) is 0 Å². The van der Waals surface area contributed by atoms with Crippen molar-refractivity contribution in [1.82, 2.24) is 19.5 Å². The number of nitrogens with zero attached hydrogens (tertiary/aromatic N) is 3. The van der Waals surface area contributed by atoms with Crippen molar-refractivity contribution < 1.29 is 10.2 Å². The zero-order valence-electron chi connectivity index (χ0n) is 19.2. The van der Waals surface area contributed by atoms with Gasteiger partial charge >= 0.3 is 0 Å². The topological polar surface area (TPSA) is 104 Å². The number of aromatic hydroxyl groups is 1. The highest BCUT2D eigenvalue weighted by atomic mass is 35.5. The predicted molar refractivity (Wildman–Crippen MR) is 136 cm³/mol. The molecule has 1 atom stereocenters. The van der Waals surface area contributed by atoms with Gasteiger partial charge < -0.3 is 19.8 Å². The highest BCUT2D eigenvalue weighted by Gasteiger charge is 2.36. The molecular formula is C27H23ClN4O3. The van der Waals surface area contributed by atoms with Gasteiger partial charge in [0.1, 0.15) is 5.75 Å². The molecule has 5 rings (SSSR count). The summed E-state index contributed by atoms with van der Waals surface area (Å²) in [6.45, 7) is 4.22. The third-order valence-corrected chi connectivity index (χ3v) is 6.53. The maximum absolute atomic E-state index is 13.0. The van der Waals surface area contributed by atoms with E-state index in [0.717, 1.165) is 10.9 Å². The number of rotatable bonds is 5. The molecule has 8 heteroatoms. The van der Waals surface area contributed by atoms with Crippen LogP contribution in [0.15, 0.2) is 78.1 Å². The molecule has 0 aliphatic heterocycles. The first-order chi connectivity index (χ1) is 16.8. The maximum atomic E-state index is 13.0. The second kappa shape index (κ2) is 8.69. The van der Waals surface area contributed by atoms with E-state index in [1.165, 1.54) is 12.5 Å². The van der Waals surface area contributed by atoms with Crippen molar-refractivity contribution >= 4 is 22.5 Å². The number of H-pyrrole nitrogens is 1. The van der Waals surface area contributed by atoms with E-state index < -0.39 is 5.60 Å². The molecule has 3 aromatic heterocycles. The fourth-order valence-corrected chi connectivity index (χ4v) is 4.81. The van der Waals surface area contributed by atoms with E-state index in [1.807, 2.05) is 26.0 Å². The average Bonchev–Trinajstić information content (AvgIpc) is 3.39. The van der Waals surface area contributed by atoms with Crippen molar-refractivity contribution in [2.24, 2.45) is 0 Å². The number of fused-ring (bicyclic) bond motifs is 1. The van der Waals surface area contributed by atoms with Gasteiger partial charge in [-0.3, -0.25) is 9.78 Å². The number of aromatic amines is 1. The zero-order chi connectivity index (χ0) is 24.7. The molecule has 0 amide bonds. The van der Waals surface area contributed by atoms with Gasteiger partial charge in [0.25, 0.3) is 5.56 Å². The largest absolute Gasteiger partial charge is 0.506 e. The lowest BCUT2D eigenvalue weighted by Crippen LogP contribution is -2.29. The van der Waals surface area contributed by atoms with Crippen LogP contribution in [0, 0.1) is 6.92 Å². The summed E-state index contributed by atoms with van der Waals surface area (Å²) in [6, 6.07) is 15.7. The molecule has 2 aromatic carbocycles. The Morgan fingerprint density at radius 3 is 2.57 bits per heavy atom. The van der Waals surface area contributed by atoms with Gasteiger partial charge in [-0.05, 0) is 60.9 Å². The Morgan fingerprint density at radius 2 is 1.89 bits per heavy atom. The first kappa shape index (κ1) is 22.8. The highest BCUT2D eigenvalue weighted by molar-refractivity contribution is 6.30. The molecule has 3 heterocycles. The second-order valence-corrected chi connectivity index (χ2v) is 8.85. The number of hydrogen-bond donors (Lipinski definition) is 3. The lowest BCUT2D eigenvalue weighted by atomic mass is 9.82. The predicted octanol–water partition coefficient (Wildman–Crippen LogP) is 4.76. The number of aromatic nitrogens is 4. The smallest absolute Gasteiger partial charge is 0.251 e. The standard InChI is InChI=1S/C27H23ClN4O3/c1-3-32-23-8-7-18(27(35,24-14-29-15-31-24)17-5-4-6-19(28)10-17)11-21(23)22(12-25(32)34)26-16(2)9-20(33)13-30-26/h4-15,33,35H,3H2,1-2H3,(H,29,31). The van der Waals surface area contributed by atoms with E-state index in [0.29, 0.717) is 45.2 Å². The fraction of sp³-hybridized carbons (Fsp3) is 0.148. The minimum atomic E-state index is -1.59. The number of pyridine rings is 2. The SMILES string of the molecule is CCn1c(=O)cc(-c2ncc(O)cc2C)c2cc(C(O)(c3cccc(Cl)c3)c3cnc[nH]3)ccc21. The Bertz CT molecular complexity index is 1610. The van der Waals surface area contributed by atoms with Crippen molar-refractivity contribution in [3.63, 3.8) is 0 Å². The molecule has 5 aromatic rings. The molecule has 176 valence electrons. The molecule has 0 bridgehead atoms. The van der Waals surface area contributed by atoms with Crippen molar-refractivity contribution in [2.45, 2.75) is 26.0 Å². The molecule has 3 N–H and O–H groups in total. The Kier molecular flexibility index (Phi) is 5.67. The Balaban J connectivity index is 1.85. The Morgan fingerprint density at radius 1 is 1.09 bits per heavy atom. The van der Waals surface area contributed by atoms with E-state index >= 15 is 0 Å². The van der Waals surface area contributed by atoms with E-state index in [9.17, 15) is 15.0 Å². The lowest BCUT2D eigenvalue weighted by molar-refractivity contribution is 0.121. The van der Waals surface area contributed by atoms with Gasteiger partial charge in [0.2, 0.25) is 0 Å². The number of imidazole rings is 1. The number of aliphatic hydroxyl groups is 1. The Labute approximate surface area is 206 Å². The van der Waals surface area contributed by atoms with Gasteiger partial charge in [0.05, 0.1) is 35.6 Å². The summed E-state index contributed by atoms with van der Waals surface area (Å²) in [5.41, 5.74) is 2.50. The molecule has 0 aliphatic carbocycles. The van der Waals surface area contributed by atoms with Crippen LogP contribution in [0.1, 0.15) is 29.3 Å². The van der Waals surface area contributed by atoms with Crippen molar-refractivity contribution in [3.8, 4) is 17.0 Å². The summed E-state index contributed by atoms with van der Waals surface area (Å²) in [4.78, 5) is 24.5. The third kappa shape index (κ3) is 3.79. The van der Waals surface area contributed by atoms with Crippen LogP contribution in [-0.2, 0) is 12.1 Å². The lowest BCUT2D eigenvalue weighted by Gasteiger charge is -2.29. The second-order valence-electron chi connectivity index (χ2n) is 8.42. The quantitative estimate of drug-likeness (QED) is 0.332. The molecule has 35 heavy (non-hydrogen) atoms. The normalized spacial score (nSPS) is 13.1. The molecular weight excluding hydrogens is 464 g/mol. The van der Waals surface area contributed by atoms with Crippen LogP contribution in [0.3, 0.4) is 0 Å². The fourth-order valence-electron chi connectivity index (χ4n) is 4.62. The van der Waals surface area contributed by atoms with Gasteiger partial charge in [0, 0.05) is 28.6 Å². The van der Waals surface area contributed by atoms with E-state index in [1.54, 1.807) is 53.2 Å². The van der Waals surface area contributed by atoms with Gasteiger partial charge in [0.15, 0.2) is 5.60 Å². The summed E-state index contributed by atoms with van der Waals surface area (Å²) in [6.07, 6.45) is 4.44. The van der Waals surface area contributed by atoms with Crippen LogP contribution in [0.2, 0.25) is 5.02 Å². The number of aryl methyl sites for hydroxylation is 2. The van der Waals surface area contributed by atoms with Gasteiger partial charge in [-0.1, -0.05) is 29.8 Å². The summed E-state index contributed by atoms with van der Waals surface area (Å²) in [5, 5.41) is 23.3. The van der Waals surface area contributed by atoms with Gasteiger partial charge in [-0.15, -0.1) is 0 Å². The number of hydrogen-bond acceptors (Lipinski definition) is 5. The molecule has 0 saturated carbocycles. The first-order valence-corrected chi connectivity index (χ1v) is 11.5. The van der Waals surface area contributed by atoms with Crippen LogP contribution >= 0.6 is 11.6 Å². The minimum absolute atomic E-state index is 0.0488. The van der Waals surface area contributed by atoms with Crippen molar-refractivity contribution in [1.29, 1.82) is 0 Å². The van der Waals surface area contributed by atoms with Gasteiger partial charge in [-0.2, -0.15) is 0 Å². The number of nitrogens with one attached hydrogen (secondary N) is 1. The molecule has 0 spiro atoms. The van der Waals surface area contributed by atoms with E-state index in [2.05, 4.69) is 15.0 Å². The summed E-state index contributed by atoms with van der Waals surface area (Å²) in [5.74, 6) is 0.0488. The number of benzene rings is 2.